The number of hydrogen-bond donors (Lipinski definition) is 0. The number of anilines is 6. The molecule has 12 rings (SSSR count). The number of allylic oxidation sites excluding steroid dienone is 4. The first-order chi connectivity index (χ1) is 32.2. The molecule has 4 heteroatoms. The Kier molecular flexibility index (Phi) is 9.68. The van der Waals surface area contributed by atoms with Crippen molar-refractivity contribution in [1.29, 1.82) is 0 Å². The van der Waals surface area contributed by atoms with Gasteiger partial charge in [-0.1, -0.05) is 152 Å². The van der Waals surface area contributed by atoms with Gasteiger partial charge in [-0.05, 0) is 121 Å². The summed E-state index contributed by atoms with van der Waals surface area (Å²) in [6, 6.07) is 81.5. The lowest BCUT2D eigenvalue weighted by Gasteiger charge is -2.26. The van der Waals surface area contributed by atoms with Gasteiger partial charge in [0.1, 0.15) is 0 Å². The van der Waals surface area contributed by atoms with Crippen LogP contribution in [0.2, 0.25) is 0 Å². The van der Waals surface area contributed by atoms with Crippen LogP contribution < -0.4 is 9.80 Å². The van der Waals surface area contributed by atoms with E-state index in [-0.39, 0.29) is 0 Å². The molecule has 0 aliphatic heterocycles. The second kappa shape index (κ2) is 16.4. The van der Waals surface area contributed by atoms with Crippen molar-refractivity contribution in [3.63, 3.8) is 0 Å². The maximum absolute atomic E-state index is 2.53. The minimum absolute atomic E-state index is 0.458. The summed E-state index contributed by atoms with van der Waals surface area (Å²) < 4.78 is 4.91. The Morgan fingerprint density at radius 3 is 1.38 bits per heavy atom. The molecule has 1 atom stereocenters. The summed E-state index contributed by atoms with van der Waals surface area (Å²) in [7, 11) is 0. The highest BCUT2D eigenvalue weighted by atomic mass is 15.2. The topological polar surface area (TPSA) is 16.3 Å². The standard InChI is InChI=1S/C61H46N4/c1-5-17-44(18-6-1)43-62-58-27-15-13-25-54(58)56-39-37-52(41-60(56)62)63(47-19-7-2-8-20-47)50-33-29-45(30-34-50)46-31-35-51(36-32-46)64(48-21-9-3-10-22-48)53-38-40-57-55-26-14-16-28-59(55)65(61(57)42-53)49-23-11-4-12-24-49/h1-17,19-42,44H,18,43H2. The van der Waals surface area contributed by atoms with E-state index in [0.717, 1.165) is 58.3 Å². The van der Waals surface area contributed by atoms with Crippen LogP contribution in [0.4, 0.5) is 34.1 Å². The van der Waals surface area contributed by atoms with E-state index in [1.807, 2.05) is 0 Å². The Bertz CT molecular complexity index is 3530. The summed E-state index contributed by atoms with van der Waals surface area (Å²) >= 11 is 0. The molecule has 4 nitrogen and oxygen atoms in total. The number of benzene rings is 9. The molecular weight excluding hydrogens is 789 g/mol. The molecule has 0 saturated heterocycles. The van der Waals surface area contributed by atoms with Gasteiger partial charge < -0.3 is 18.9 Å². The van der Waals surface area contributed by atoms with Gasteiger partial charge in [-0.2, -0.15) is 0 Å². The predicted molar refractivity (Wildman–Crippen MR) is 275 cm³/mol. The van der Waals surface area contributed by atoms with E-state index in [1.165, 1.54) is 49.2 Å². The van der Waals surface area contributed by atoms with Gasteiger partial charge in [0.2, 0.25) is 0 Å². The van der Waals surface area contributed by atoms with Crippen LogP contribution in [0.25, 0.3) is 60.4 Å². The van der Waals surface area contributed by atoms with Gasteiger partial charge in [0.25, 0.3) is 0 Å². The van der Waals surface area contributed by atoms with Gasteiger partial charge in [0, 0.05) is 73.4 Å². The van der Waals surface area contributed by atoms with Crippen molar-refractivity contribution < 1.29 is 0 Å². The Labute approximate surface area is 379 Å². The van der Waals surface area contributed by atoms with E-state index in [4.69, 9.17) is 0 Å². The molecule has 0 amide bonds. The van der Waals surface area contributed by atoms with Crippen molar-refractivity contribution in [2.45, 2.75) is 13.0 Å². The molecule has 0 bridgehead atoms. The first kappa shape index (κ1) is 38.3. The highest BCUT2D eigenvalue weighted by Crippen LogP contribution is 2.42. The SMILES string of the molecule is C1=CCC(Cn2c3ccccc3c3ccc(N(c4ccccc4)c4ccc(-c5ccc(N(c6ccccc6)c6ccc7c8ccccc8n(-c8ccccc8)c7c6)cc5)cc4)cc32)C=C1. The first-order valence-corrected chi connectivity index (χ1v) is 22.6. The van der Waals surface area contributed by atoms with E-state index in [0.29, 0.717) is 5.92 Å². The van der Waals surface area contributed by atoms with Crippen LogP contribution in [-0.2, 0) is 6.54 Å². The molecule has 2 aromatic heterocycles. The van der Waals surface area contributed by atoms with Crippen molar-refractivity contribution in [2.75, 3.05) is 9.80 Å². The number of para-hydroxylation sites is 5. The lowest BCUT2D eigenvalue weighted by atomic mass is 10.0. The quantitative estimate of drug-likeness (QED) is 0.136. The molecule has 0 spiro atoms. The van der Waals surface area contributed by atoms with E-state index in [1.54, 1.807) is 0 Å². The van der Waals surface area contributed by atoms with Gasteiger partial charge in [-0.15, -0.1) is 0 Å². The Hall–Kier alpha value is -8.34. The summed E-state index contributed by atoms with van der Waals surface area (Å²) in [6.07, 6.45) is 10.0. The van der Waals surface area contributed by atoms with E-state index in [2.05, 4.69) is 268 Å². The molecule has 310 valence electrons. The predicted octanol–water partition coefficient (Wildman–Crippen LogP) is 16.6. The van der Waals surface area contributed by atoms with Gasteiger partial charge in [-0.3, -0.25) is 0 Å². The van der Waals surface area contributed by atoms with Crippen LogP contribution in [0, 0.1) is 5.92 Å². The van der Waals surface area contributed by atoms with Crippen molar-refractivity contribution in [2.24, 2.45) is 5.92 Å². The van der Waals surface area contributed by atoms with Crippen LogP contribution in [0.1, 0.15) is 6.42 Å². The van der Waals surface area contributed by atoms with Gasteiger partial charge in [-0.25, -0.2) is 0 Å². The molecule has 1 unspecified atom stereocenters. The van der Waals surface area contributed by atoms with E-state index in [9.17, 15) is 0 Å². The number of hydrogen-bond acceptors (Lipinski definition) is 2. The number of rotatable bonds is 10. The van der Waals surface area contributed by atoms with Crippen LogP contribution in [0.5, 0.6) is 0 Å². The Balaban J connectivity index is 0.899. The summed E-state index contributed by atoms with van der Waals surface area (Å²) in [5.41, 5.74) is 15.1. The van der Waals surface area contributed by atoms with Crippen LogP contribution >= 0.6 is 0 Å². The molecule has 2 heterocycles. The third-order valence-electron chi connectivity index (χ3n) is 13.0. The van der Waals surface area contributed by atoms with Crippen LogP contribution in [0.15, 0.2) is 249 Å². The zero-order valence-electron chi connectivity index (χ0n) is 36.0. The number of nitrogens with zero attached hydrogens (tertiary/aromatic N) is 4. The van der Waals surface area contributed by atoms with Crippen molar-refractivity contribution >= 4 is 77.7 Å². The van der Waals surface area contributed by atoms with Crippen LogP contribution in [-0.4, -0.2) is 9.13 Å². The monoisotopic (exact) mass is 834 g/mol. The minimum atomic E-state index is 0.458. The molecule has 1 aliphatic rings. The summed E-state index contributed by atoms with van der Waals surface area (Å²) in [4.78, 5) is 4.74. The van der Waals surface area contributed by atoms with Crippen LogP contribution in [0.3, 0.4) is 0 Å². The van der Waals surface area contributed by atoms with Crippen molar-refractivity contribution in [3.8, 4) is 16.8 Å². The lowest BCUT2D eigenvalue weighted by Crippen LogP contribution is -2.11. The molecule has 0 saturated carbocycles. The fourth-order valence-electron chi connectivity index (χ4n) is 9.98. The Morgan fingerprint density at radius 1 is 0.369 bits per heavy atom. The summed E-state index contributed by atoms with van der Waals surface area (Å²) in [5.74, 6) is 0.458. The second-order valence-corrected chi connectivity index (χ2v) is 17.0. The lowest BCUT2D eigenvalue weighted by molar-refractivity contribution is 0.554. The molecule has 9 aromatic carbocycles. The largest absolute Gasteiger partial charge is 0.340 e. The average molecular weight is 835 g/mol. The molecule has 0 N–H and O–H groups in total. The molecule has 65 heavy (non-hydrogen) atoms. The third-order valence-corrected chi connectivity index (χ3v) is 13.0. The highest BCUT2D eigenvalue weighted by molar-refractivity contribution is 6.11. The number of aromatic nitrogens is 2. The van der Waals surface area contributed by atoms with E-state index >= 15 is 0 Å². The molecule has 1 aliphatic carbocycles. The summed E-state index contributed by atoms with van der Waals surface area (Å²) in [6.45, 7) is 0.936. The van der Waals surface area contributed by atoms with E-state index < -0.39 is 0 Å². The summed E-state index contributed by atoms with van der Waals surface area (Å²) in [5, 5.41) is 5.07. The zero-order valence-corrected chi connectivity index (χ0v) is 36.0. The van der Waals surface area contributed by atoms with Gasteiger partial charge in [0.05, 0.1) is 16.6 Å². The molecule has 0 fully saturated rings. The smallest absolute Gasteiger partial charge is 0.0561 e. The average Bonchev–Trinajstić information content (AvgIpc) is 3.87. The number of fused-ring (bicyclic) bond motifs is 6. The maximum Gasteiger partial charge on any atom is 0.0561 e. The second-order valence-electron chi connectivity index (χ2n) is 17.0. The fourth-order valence-corrected chi connectivity index (χ4v) is 9.98. The normalized spacial score (nSPS) is 13.6. The third kappa shape index (κ3) is 6.97. The fraction of sp³-hybridized carbons (Fsp3) is 0.0492. The molecule has 0 radical (unpaired) electrons. The maximum atomic E-state index is 2.53. The van der Waals surface area contributed by atoms with Crippen molar-refractivity contribution in [3.05, 3.63) is 249 Å². The Morgan fingerprint density at radius 2 is 0.815 bits per heavy atom. The van der Waals surface area contributed by atoms with Gasteiger partial charge >= 0.3 is 0 Å². The zero-order chi connectivity index (χ0) is 43.1. The first-order valence-electron chi connectivity index (χ1n) is 22.6. The molecule has 11 aromatic rings. The van der Waals surface area contributed by atoms with Crippen molar-refractivity contribution in [1.82, 2.24) is 9.13 Å². The highest BCUT2D eigenvalue weighted by Gasteiger charge is 2.20. The minimum Gasteiger partial charge on any atom is -0.340 e. The van der Waals surface area contributed by atoms with Gasteiger partial charge in [0.15, 0.2) is 0 Å². The molecular formula is C61H46N4.